The Morgan fingerprint density at radius 3 is 1.91 bits per heavy atom. The van der Waals surface area contributed by atoms with E-state index in [1.165, 1.54) is 6.07 Å². The van der Waals surface area contributed by atoms with Gasteiger partial charge in [-0.05, 0) is 35.4 Å². The number of nitrogens with one attached hydrogen (secondary N) is 1. The van der Waals surface area contributed by atoms with Gasteiger partial charge >= 0.3 is 11.9 Å². The van der Waals surface area contributed by atoms with Crippen LogP contribution in [-0.4, -0.2) is 23.8 Å². The van der Waals surface area contributed by atoms with E-state index in [9.17, 15) is 19.2 Å². The van der Waals surface area contributed by atoms with Crippen LogP contribution in [0.5, 0.6) is 0 Å². The number of cyclic esters (lactones) is 2. The van der Waals surface area contributed by atoms with Gasteiger partial charge in [0.05, 0.1) is 22.3 Å². The molecule has 2 amide bonds. The van der Waals surface area contributed by atoms with Crippen LogP contribution in [0, 0.1) is 0 Å². The van der Waals surface area contributed by atoms with Crippen molar-refractivity contribution in [1.82, 2.24) is 5.32 Å². The van der Waals surface area contributed by atoms with E-state index < -0.39 is 23.8 Å². The summed E-state index contributed by atoms with van der Waals surface area (Å²) in [5.74, 6) is -2.21. The number of rotatable bonds is 1. The van der Waals surface area contributed by atoms with Crippen molar-refractivity contribution in [3.63, 3.8) is 0 Å². The van der Waals surface area contributed by atoms with Crippen LogP contribution in [0.25, 0.3) is 11.1 Å². The average molecular weight is 293 g/mol. The van der Waals surface area contributed by atoms with Gasteiger partial charge in [0, 0.05) is 0 Å². The molecule has 22 heavy (non-hydrogen) atoms. The molecule has 2 aliphatic heterocycles. The van der Waals surface area contributed by atoms with Crippen LogP contribution >= 0.6 is 0 Å². The van der Waals surface area contributed by atoms with Gasteiger partial charge < -0.3 is 4.74 Å². The number of hydrogen-bond donors (Lipinski definition) is 1. The van der Waals surface area contributed by atoms with Crippen molar-refractivity contribution in [2.45, 2.75) is 0 Å². The fraction of sp³-hybridized carbons (Fsp3) is 0. The zero-order chi connectivity index (χ0) is 15.4. The normalized spacial score (nSPS) is 15.5. The standard InChI is InChI=1S/C16H7NO5/c18-13-9-3-1-7(5-11(9)14(19)17-13)8-2-4-10-12(6-8)16(21)22-15(10)20/h1-6H,(H,17,18,19). The Balaban J connectivity index is 1.84. The third-order valence-corrected chi connectivity index (χ3v) is 3.71. The molecule has 0 atom stereocenters. The fourth-order valence-electron chi connectivity index (χ4n) is 2.61. The van der Waals surface area contributed by atoms with Crippen molar-refractivity contribution in [2.75, 3.05) is 0 Å². The molecule has 2 aromatic carbocycles. The average Bonchev–Trinajstić information content (AvgIpc) is 2.96. The number of ether oxygens (including phenoxy) is 1. The minimum Gasteiger partial charge on any atom is -0.386 e. The molecule has 2 aromatic rings. The third kappa shape index (κ3) is 1.61. The zero-order valence-corrected chi connectivity index (χ0v) is 11.0. The second-order valence-electron chi connectivity index (χ2n) is 4.98. The second kappa shape index (κ2) is 4.11. The van der Waals surface area contributed by atoms with E-state index in [0.29, 0.717) is 22.3 Å². The number of benzene rings is 2. The highest BCUT2D eigenvalue weighted by molar-refractivity contribution is 6.22. The molecule has 1 N–H and O–H groups in total. The number of carbonyl (C=O) groups is 4. The maximum absolute atomic E-state index is 11.7. The van der Waals surface area contributed by atoms with E-state index in [-0.39, 0.29) is 11.1 Å². The van der Waals surface area contributed by atoms with E-state index >= 15 is 0 Å². The van der Waals surface area contributed by atoms with Crippen LogP contribution in [0.15, 0.2) is 36.4 Å². The van der Waals surface area contributed by atoms with E-state index in [1.54, 1.807) is 30.3 Å². The minimum atomic E-state index is -0.684. The van der Waals surface area contributed by atoms with E-state index in [1.807, 2.05) is 0 Å². The quantitative estimate of drug-likeness (QED) is 0.489. The smallest absolute Gasteiger partial charge is 0.346 e. The van der Waals surface area contributed by atoms with Gasteiger partial charge in [-0.3, -0.25) is 14.9 Å². The minimum absolute atomic E-state index is 0.198. The van der Waals surface area contributed by atoms with Crippen LogP contribution in [0.1, 0.15) is 41.4 Å². The monoisotopic (exact) mass is 293 g/mol. The molecule has 0 spiro atoms. The van der Waals surface area contributed by atoms with Gasteiger partial charge in [-0.15, -0.1) is 0 Å². The maximum atomic E-state index is 11.7. The van der Waals surface area contributed by atoms with Gasteiger partial charge in [0.2, 0.25) is 0 Å². The summed E-state index contributed by atoms with van der Waals surface area (Å²) in [7, 11) is 0. The summed E-state index contributed by atoms with van der Waals surface area (Å²) < 4.78 is 4.54. The molecule has 0 aliphatic carbocycles. The third-order valence-electron chi connectivity index (χ3n) is 3.71. The Morgan fingerprint density at radius 1 is 0.636 bits per heavy atom. The van der Waals surface area contributed by atoms with Crippen molar-refractivity contribution < 1.29 is 23.9 Å². The zero-order valence-electron chi connectivity index (χ0n) is 11.0. The van der Waals surface area contributed by atoms with Gasteiger partial charge in [-0.25, -0.2) is 9.59 Å². The highest BCUT2D eigenvalue weighted by atomic mass is 16.6. The Labute approximate surface area is 123 Å². The molecule has 6 heteroatoms. The highest BCUT2D eigenvalue weighted by Gasteiger charge is 2.30. The molecule has 0 aromatic heterocycles. The maximum Gasteiger partial charge on any atom is 0.346 e. The first-order valence-electron chi connectivity index (χ1n) is 6.45. The van der Waals surface area contributed by atoms with Crippen molar-refractivity contribution in [3.8, 4) is 11.1 Å². The molecule has 0 saturated carbocycles. The lowest BCUT2D eigenvalue weighted by Gasteiger charge is -2.04. The van der Waals surface area contributed by atoms with Crippen molar-refractivity contribution >= 4 is 23.8 Å². The number of fused-ring (bicyclic) bond motifs is 2. The lowest BCUT2D eigenvalue weighted by atomic mass is 9.97. The van der Waals surface area contributed by atoms with Crippen LogP contribution in [0.4, 0.5) is 0 Å². The molecule has 0 saturated heterocycles. The molecule has 6 nitrogen and oxygen atoms in total. The van der Waals surface area contributed by atoms with Crippen molar-refractivity contribution in [2.24, 2.45) is 0 Å². The van der Waals surface area contributed by atoms with Gasteiger partial charge in [-0.1, -0.05) is 12.1 Å². The first-order chi connectivity index (χ1) is 10.5. The molecule has 4 rings (SSSR count). The fourth-order valence-corrected chi connectivity index (χ4v) is 2.61. The van der Waals surface area contributed by atoms with Gasteiger partial charge in [0.25, 0.3) is 11.8 Å². The molecule has 0 bridgehead atoms. The Bertz CT molecular complexity index is 837. The number of hydrogen-bond acceptors (Lipinski definition) is 5. The van der Waals surface area contributed by atoms with E-state index in [0.717, 1.165) is 0 Å². The molecule has 106 valence electrons. The first-order valence-corrected chi connectivity index (χ1v) is 6.45. The first kappa shape index (κ1) is 12.5. The van der Waals surface area contributed by atoms with E-state index in [4.69, 9.17) is 0 Å². The van der Waals surface area contributed by atoms with Crippen LogP contribution in [-0.2, 0) is 4.74 Å². The topological polar surface area (TPSA) is 89.5 Å². The number of esters is 2. The van der Waals surface area contributed by atoms with Crippen LogP contribution < -0.4 is 5.32 Å². The van der Waals surface area contributed by atoms with Crippen LogP contribution in [0.2, 0.25) is 0 Å². The Morgan fingerprint density at radius 2 is 1.18 bits per heavy atom. The van der Waals surface area contributed by atoms with Gasteiger partial charge in [0.15, 0.2) is 0 Å². The van der Waals surface area contributed by atoms with Crippen molar-refractivity contribution in [1.29, 1.82) is 0 Å². The largest absolute Gasteiger partial charge is 0.386 e. The predicted octanol–water partition coefficient (Wildman–Crippen LogP) is 1.55. The number of amides is 2. The highest BCUT2D eigenvalue weighted by Crippen LogP contribution is 2.29. The van der Waals surface area contributed by atoms with Crippen molar-refractivity contribution in [3.05, 3.63) is 58.7 Å². The van der Waals surface area contributed by atoms with Gasteiger partial charge in [0.1, 0.15) is 0 Å². The number of imide groups is 1. The summed E-state index contributed by atoms with van der Waals surface area (Å²) in [6, 6.07) is 9.53. The molecular weight excluding hydrogens is 286 g/mol. The summed E-state index contributed by atoms with van der Waals surface area (Å²) in [5, 5.41) is 2.22. The molecule has 0 unspecified atom stereocenters. The molecular formula is C16H7NO5. The molecule has 0 radical (unpaired) electrons. The summed E-state index contributed by atoms with van der Waals surface area (Å²) in [4.78, 5) is 46.2. The molecule has 2 aliphatic rings. The van der Waals surface area contributed by atoms with Crippen LogP contribution in [0.3, 0.4) is 0 Å². The molecule has 2 heterocycles. The lowest BCUT2D eigenvalue weighted by molar-refractivity contribution is 0.0443. The van der Waals surface area contributed by atoms with Gasteiger partial charge in [-0.2, -0.15) is 0 Å². The summed E-state index contributed by atoms with van der Waals surface area (Å²) in [6.45, 7) is 0. The summed E-state index contributed by atoms with van der Waals surface area (Å²) >= 11 is 0. The lowest BCUT2D eigenvalue weighted by Crippen LogP contribution is -2.19. The number of carbonyl (C=O) groups excluding carboxylic acids is 4. The second-order valence-corrected chi connectivity index (χ2v) is 4.98. The summed E-state index contributed by atoms with van der Waals surface area (Å²) in [6.07, 6.45) is 0. The predicted molar refractivity (Wildman–Crippen MR) is 73.4 cm³/mol. The Hall–Kier alpha value is -3.28. The summed E-state index contributed by atoms with van der Waals surface area (Å²) in [5.41, 5.74) is 2.36. The van der Waals surface area contributed by atoms with E-state index in [2.05, 4.69) is 10.1 Å². The molecule has 0 fully saturated rings. The Kier molecular flexibility index (Phi) is 2.33. The SMILES string of the molecule is O=C1NC(=O)c2cc(-c3ccc4c(c3)C(=O)OC4=O)ccc21.